The monoisotopic (exact) mass is 332 g/mol. The van der Waals surface area contributed by atoms with Gasteiger partial charge in [0.05, 0.1) is 0 Å². The highest BCUT2D eigenvalue weighted by molar-refractivity contribution is 5.85. The van der Waals surface area contributed by atoms with Gasteiger partial charge in [-0.15, -0.1) is 12.4 Å². The second-order valence-corrected chi connectivity index (χ2v) is 5.75. The number of benzene rings is 1. The molecule has 0 bridgehead atoms. The van der Waals surface area contributed by atoms with Crippen LogP contribution in [0.3, 0.4) is 0 Å². The molecule has 124 valence electrons. The molecule has 0 aromatic heterocycles. The van der Waals surface area contributed by atoms with E-state index in [1.165, 1.54) is 6.07 Å². The summed E-state index contributed by atoms with van der Waals surface area (Å²) in [4.78, 5) is 11.9. The van der Waals surface area contributed by atoms with Gasteiger partial charge < -0.3 is 10.6 Å². The topological polar surface area (TPSA) is 41.1 Å². The van der Waals surface area contributed by atoms with Gasteiger partial charge in [0.15, 0.2) is 11.6 Å². The van der Waals surface area contributed by atoms with Crippen LogP contribution in [0.4, 0.5) is 8.78 Å². The zero-order valence-electron chi connectivity index (χ0n) is 12.7. The van der Waals surface area contributed by atoms with Gasteiger partial charge in [0.25, 0.3) is 0 Å². The molecule has 1 fully saturated rings. The Morgan fingerprint density at radius 2 is 2.14 bits per heavy atom. The Labute approximate surface area is 136 Å². The molecule has 1 aromatic carbocycles. The third-order valence-electron chi connectivity index (χ3n) is 4.03. The summed E-state index contributed by atoms with van der Waals surface area (Å²) < 4.78 is 25.9. The molecule has 0 aliphatic carbocycles. The highest BCUT2D eigenvalue weighted by atomic mass is 35.5. The molecule has 6 heteroatoms. The van der Waals surface area contributed by atoms with Crippen molar-refractivity contribution in [3.05, 3.63) is 35.4 Å². The fourth-order valence-corrected chi connectivity index (χ4v) is 2.61. The molecule has 1 aliphatic rings. The molecule has 2 rings (SSSR count). The average molecular weight is 333 g/mol. The van der Waals surface area contributed by atoms with Gasteiger partial charge >= 0.3 is 0 Å². The number of aryl methyl sites for hydroxylation is 1. The van der Waals surface area contributed by atoms with Crippen LogP contribution < -0.4 is 10.6 Å². The number of hydrogen-bond donors (Lipinski definition) is 2. The molecular weight excluding hydrogens is 310 g/mol. The molecular formula is C16H23ClF2N2O. The van der Waals surface area contributed by atoms with Crippen LogP contribution >= 0.6 is 12.4 Å². The van der Waals surface area contributed by atoms with Gasteiger partial charge in [0.1, 0.15) is 0 Å². The lowest BCUT2D eigenvalue weighted by Crippen LogP contribution is -2.50. The first-order valence-corrected chi connectivity index (χ1v) is 7.50. The van der Waals surface area contributed by atoms with Crippen LogP contribution in [0, 0.1) is 17.6 Å². The fourth-order valence-electron chi connectivity index (χ4n) is 2.61. The van der Waals surface area contributed by atoms with Crippen LogP contribution in [0.5, 0.6) is 0 Å². The number of nitrogens with one attached hydrogen (secondary N) is 2. The standard InChI is InChI=1S/C16H22F2N2O.ClH/c1-11-7-8-19-10-15(11)20-16(21)4-2-3-12-5-6-13(17)14(18)9-12;/h5-6,9,11,15,19H,2-4,7-8,10H2,1H3,(H,20,21);1H. The van der Waals surface area contributed by atoms with Gasteiger partial charge in [-0.2, -0.15) is 0 Å². The zero-order valence-corrected chi connectivity index (χ0v) is 13.5. The summed E-state index contributed by atoms with van der Waals surface area (Å²) in [7, 11) is 0. The van der Waals surface area contributed by atoms with Crippen molar-refractivity contribution in [2.24, 2.45) is 5.92 Å². The molecule has 2 unspecified atom stereocenters. The molecule has 22 heavy (non-hydrogen) atoms. The normalized spacial score (nSPS) is 21.0. The van der Waals surface area contributed by atoms with Crippen molar-refractivity contribution < 1.29 is 13.6 Å². The number of carbonyl (C=O) groups excluding carboxylic acids is 1. The number of carbonyl (C=O) groups is 1. The molecule has 1 amide bonds. The quantitative estimate of drug-likeness (QED) is 0.870. The lowest BCUT2D eigenvalue weighted by atomic mass is 9.94. The zero-order chi connectivity index (χ0) is 15.2. The number of halogens is 3. The van der Waals surface area contributed by atoms with E-state index in [4.69, 9.17) is 0 Å². The summed E-state index contributed by atoms with van der Waals surface area (Å²) >= 11 is 0. The molecule has 2 atom stereocenters. The minimum Gasteiger partial charge on any atom is -0.352 e. The third kappa shape index (κ3) is 5.54. The van der Waals surface area contributed by atoms with Gasteiger partial charge in [0, 0.05) is 19.0 Å². The highest BCUT2D eigenvalue weighted by Crippen LogP contribution is 2.13. The van der Waals surface area contributed by atoms with Gasteiger partial charge in [-0.3, -0.25) is 4.79 Å². The predicted octanol–water partition coefficient (Wildman–Crippen LogP) is 2.82. The van der Waals surface area contributed by atoms with E-state index in [2.05, 4.69) is 17.6 Å². The van der Waals surface area contributed by atoms with Crippen molar-refractivity contribution in [1.82, 2.24) is 10.6 Å². The molecule has 1 aliphatic heterocycles. The van der Waals surface area contributed by atoms with E-state index in [1.807, 2.05) is 0 Å². The van der Waals surface area contributed by atoms with Crippen LogP contribution in [0.15, 0.2) is 18.2 Å². The van der Waals surface area contributed by atoms with E-state index < -0.39 is 11.6 Å². The van der Waals surface area contributed by atoms with Crippen molar-refractivity contribution >= 4 is 18.3 Å². The smallest absolute Gasteiger partial charge is 0.220 e. The Morgan fingerprint density at radius 1 is 1.36 bits per heavy atom. The summed E-state index contributed by atoms with van der Waals surface area (Å²) in [5, 5.41) is 6.31. The summed E-state index contributed by atoms with van der Waals surface area (Å²) in [5.41, 5.74) is 0.717. The van der Waals surface area contributed by atoms with Crippen LogP contribution in [0.25, 0.3) is 0 Å². The summed E-state index contributed by atoms with van der Waals surface area (Å²) in [6.07, 6.45) is 2.68. The van der Waals surface area contributed by atoms with E-state index in [9.17, 15) is 13.6 Å². The maximum Gasteiger partial charge on any atom is 0.220 e. The molecule has 0 radical (unpaired) electrons. The van der Waals surface area contributed by atoms with E-state index in [0.29, 0.717) is 25.2 Å². The second-order valence-electron chi connectivity index (χ2n) is 5.75. The van der Waals surface area contributed by atoms with Crippen molar-refractivity contribution in [2.45, 2.75) is 38.6 Å². The Hall–Kier alpha value is -1.20. The number of amides is 1. The second kappa shape index (κ2) is 9.06. The highest BCUT2D eigenvalue weighted by Gasteiger charge is 2.22. The first-order chi connectivity index (χ1) is 10.1. The molecule has 1 saturated heterocycles. The molecule has 2 N–H and O–H groups in total. The Balaban J connectivity index is 0.00000242. The van der Waals surface area contributed by atoms with E-state index in [-0.39, 0.29) is 24.4 Å². The van der Waals surface area contributed by atoms with E-state index in [0.717, 1.165) is 31.1 Å². The van der Waals surface area contributed by atoms with Crippen LogP contribution in [-0.2, 0) is 11.2 Å². The Bertz CT molecular complexity index is 499. The number of rotatable bonds is 5. The summed E-state index contributed by atoms with van der Waals surface area (Å²) in [5.74, 6) is -1.16. The fraction of sp³-hybridized carbons (Fsp3) is 0.562. The van der Waals surface area contributed by atoms with Crippen molar-refractivity contribution in [3.8, 4) is 0 Å². The minimum absolute atomic E-state index is 0. The molecule has 3 nitrogen and oxygen atoms in total. The lowest BCUT2D eigenvalue weighted by Gasteiger charge is -2.30. The first-order valence-electron chi connectivity index (χ1n) is 7.50. The van der Waals surface area contributed by atoms with Gasteiger partial charge in [0.2, 0.25) is 5.91 Å². The lowest BCUT2D eigenvalue weighted by molar-refractivity contribution is -0.122. The first kappa shape index (κ1) is 18.8. The Morgan fingerprint density at radius 3 is 2.82 bits per heavy atom. The molecule has 0 saturated carbocycles. The third-order valence-corrected chi connectivity index (χ3v) is 4.03. The predicted molar refractivity (Wildman–Crippen MR) is 85.1 cm³/mol. The van der Waals surface area contributed by atoms with Crippen molar-refractivity contribution in [1.29, 1.82) is 0 Å². The maximum absolute atomic E-state index is 13.1. The SMILES string of the molecule is CC1CCNCC1NC(=O)CCCc1ccc(F)c(F)c1.Cl. The van der Waals surface area contributed by atoms with E-state index >= 15 is 0 Å². The van der Waals surface area contributed by atoms with Crippen molar-refractivity contribution in [3.63, 3.8) is 0 Å². The number of piperidine rings is 1. The van der Waals surface area contributed by atoms with Crippen LogP contribution in [0.2, 0.25) is 0 Å². The molecule has 1 heterocycles. The van der Waals surface area contributed by atoms with Crippen LogP contribution in [0.1, 0.15) is 31.7 Å². The summed E-state index contributed by atoms with van der Waals surface area (Å²) in [6.45, 7) is 3.97. The molecule has 1 aromatic rings. The molecule has 0 spiro atoms. The Kier molecular flexibility index (Phi) is 7.76. The largest absolute Gasteiger partial charge is 0.352 e. The average Bonchev–Trinajstić information content (AvgIpc) is 2.45. The summed E-state index contributed by atoms with van der Waals surface area (Å²) in [6, 6.07) is 4.07. The van der Waals surface area contributed by atoms with Crippen LogP contribution in [-0.4, -0.2) is 25.0 Å². The minimum atomic E-state index is -0.838. The van der Waals surface area contributed by atoms with Gasteiger partial charge in [-0.05, 0) is 49.4 Å². The van der Waals surface area contributed by atoms with Gasteiger partial charge in [-0.25, -0.2) is 8.78 Å². The van der Waals surface area contributed by atoms with E-state index in [1.54, 1.807) is 6.07 Å². The van der Waals surface area contributed by atoms with Crippen molar-refractivity contribution in [2.75, 3.05) is 13.1 Å². The number of hydrogen-bond acceptors (Lipinski definition) is 2. The van der Waals surface area contributed by atoms with Gasteiger partial charge in [-0.1, -0.05) is 13.0 Å². The maximum atomic E-state index is 13.1.